The molecule has 2 heterocycles. The Balaban J connectivity index is 2.41. The molecule has 14 heavy (non-hydrogen) atoms. The molecule has 0 amide bonds. The highest BCUT2D eigenvalue weighted by Gasteiger charge is 2.00. The van der Waals surface area contributed by atoms with Crippen molar-refractivity contribution in [1.82, 2.24) is 19.7 Å². The molecule has 5 heteroatoms. The summed E-state index contributed by atoms with van der Waals surface area (Å²) in [6, 6.07) is 1.91. The maximum Gasteiger partial charge on any atom is 0.172 e. The second kappa shape index (κ2) is 3.55. The van der Waals surface area contributed by atoms with Crippen LogP contribution in [0.1, 0.15) is 11.4 Å². The van der Waals surface area contributed by atoms with Gasteiger partial charge in [-0.25, -0.2) is 9.67 Å². The molecule has 0 spiro atoms. The molecule has 0 aliphatic carbocycles. The summed E-state index contributed by atoms with van der Waals surface area (Å²) in [7, 11) is 0. The van der Waals surface area contributed by atoms with Crippen LogP contribution in [0.25, 0.3) is 5.82 Å². The molecule has 0 aromatic carbocycles. The third-order valence-corrected chi connectivity index (χ3v) is 1.84. The lowest BCUT2D eigenvalue weighted by atomic mass is 10.4. The quantitative estimate of drug-likeness (QED) is 0.743. The first-order valence-electron chi connectivity index (χ1n) is 4.33. The van der Waals surface area contributed by atoms with E-state index in [-0.39, 0.29) is 0 Å². The monoisotopic (exact) mass is 189 g/mol. The van der Waals surface area contributed by atoms with Crippen molar-refractivity contribution in [1.29, 1.82) is 0 Å². The van der Waals surface area contributed by atoms with Crippen LogP contribution in [0, 0.1) is 6.92 Å². The molecular formula is C9H11N5. The summed E-state index contributed by atoms with van der Waals surface area (Å²) in [5.74, 6) is 0.695. The molecule has 0 radical (unpaired) electrons. The lowest BCUT2D eigenvalue weighted by molar-refractivity contribution is 0.806. The highest BCUT2D eigenvalue weighted by molar-refractivity contribution is 5.19. The summed E-state index contributed by atoms with van der Waals surface area (Å²) in [5, 5.41) is 4.23. The van der Waals surface area contributed by atoms with Gasteiger partial charge >= 0.3 is 0 Å². The summed E-state index contributed by atoms with van der Waals surface area (Å²) >= 11 is 0. The first-order valence-corrected chi connectivity index (χ1v) is 4.33. The molecule has 2 rings (SSSR count). The predicted octanol–water partition coefficient (Wildman–Crippen LogP) is 0.429. The maximum atomic E-state index is 5.47. The lowest BCUT2D eigenvalue weighted by Gasteiger charge is -2.01. The fourth-order valence-electron chi connectivity index (χ4n) is 1.15. The minimum Gasteiger partial charge on any atom is -0.325 e. The summed E-state index contributed by atoms with van der Waals surface area (Å²) < 4.78 is 1.68. The van der Waals surface area contributed by atoms with Crippen molar-refractivity contribution in [2.75, 3.05) is 0 Å². The van der Waals surface area contributed by atoms with Crippen molar-refractivity contribution in [3.05, 3.63) is 36.0 Å². The van der Waals surface area contributed by atoms with Gasteiger partial charge in [0.15, 0.2) is 5.82 Å². The second-order valence-corrected chi connectivity index (χ2v) is 2.97. The molecule has 0 bridgehead atoms. The number of aromatic nitrogens is 4. The van der Waals surface area contributed by atoms with Crippen LogP contribution < -0.4 is 5.73 Å². The molecule has 5 nitrogen and oxygen atoms in total. The Hall–Kier alpha value is -1.75. The molecular weight excluding hydrogens is 178 g/mol. The van der Waals surface area contributed by atoms with Crippen molar-refractivity contribution < 1.29 is 0 Å². The van der Waals surface area contributed by atoms with Gasteiger partial charge in [-0.2, -0.15) is 5.10 Å². The Morgan fingerprint density at radius 1 is 1.43 bits per heavy atom. The topological polar surface area (TPSA) is 69.6 Å². The summed E-state index contributed by atoms with van der Waals surface area (Å²) in [6.07, 6.45) is 5.16. The zero-order chi connectivity index (χ0) is 9.97. The zero-order valence-electron chi connectivity index (χ0n) is 7.88. The molecule has 0 aliphatic rings. The molecule has 2 aromatic heterocycles. The molecule has 0 fully saturated rings. The highest BCUT2D eigenvalue weighted by atomic mass is 15.3. The van der Waals surface area contributed by atoms with Gasteiger partial charge in [-0.3, -0.25) is 4.98 Å². The van der Waals surface area contributed by atoms with E-state index in [4.69, 9.17) is 5.73 Å². The minimum absolute atomic E-state index is 0.390. The van der Waals surface area contributed by atoms with E-state index in [1.54, 1.807) is 17.1 Å². The van der Waals surface area contributed by atoms with Crippen LogP contribution in [0.15, 0.2) is 24.7 Å². The van der Waals surface area contributed by atoms with E-state index in [0.29, 0.717) is 12.4 Å². The van der Waals surface area contributed by atoms with Crippen LogP contribution in [0.3, 0.4) is 0 Å². The average molecular weight is 189 g/mol. The van der Waals surface area contributed by atoms with E-state index < -0.39 is 0 Å². The van der Waals surface area contributed by atoms with Crippen LogP contribution in [0.2, 0.25) is 0 Å². The normalized spacial score (nSPS) is 10.4. The van der Waals surface area contributed by atoms with Gasteiger partial charge in [0.05, 0.1) is 17.6 Å². The van der Waals surface area contributed by atoms with Crippen molar-refractivity contribution in [2.45, 2.75) is 13.5 Å². The molecule has 0 unspecified atom stereocenters. The van der Waals surface area contributed by atoms with Gasteiger partial charge in [0.25, 0.3) is 0 Å². The third-order valence-electron chi connectivity index (χ3n) is 1.84. The number of nitrogens with two attached hydrogens (primary N) is 1. The van der Waals surface area contributed by atoms with Crippen LogP contribution in [0.5, 0.6) is 0 Å². The van der Waals surface area contributed by atoms with Crippen LogP contribution >= 0.6 is 0 Å². The van der Waals surface area contributed by atoms with E-state index in [2.05, 4.69) is 15.1 Å². The maximum absolute atomic E-state index is 5.47. The van der Waals surface area contributed by atoms with Gasteiger partial charge < -0.3 is 5.73 Å². The molecule has 2 aromatic rings. The van der Waals surface area contributed by atoms with Gasteiger partial charge in [0.2, 0.25) is 0 Å². The third kappa shape index (κ3) is 1.62. The fraction of sp³-hybridized carbons (Fsp3) is 0.222. The van der Waals surface area contributed by atoms with E-state index in [1.807, 2.05) is 19.2 Å². The van der Waals surface area contributed by atoms with Gasteiger partial charge in [0.1, 0.15) is 0 Å². The summed E-state index contributed by atoms with van der Waals surface area (Å²) in [6.45, 7) is 2.32. The van der Waals surface area contributed by atoms with Gasteiger partial charge in [-0.1, -0.05) is 0 Å². The largest absolute Gasteiger partial charge is 0.325 e. The molecule has 0 saturated heterocycles. The lowest BCUT2D eigenvalue weighted by Crippen LogP contribution is -2.05. The number of hydrogen-bond acceptors (Lipinski definition) is 4. The molecule has 72 valence electrons. The van der Waals surface area contributed by atoms with Crippen molar-refractivity contribution in [2.24, 2.45) is 5.73 Å². The molecule has 2 N–H and O–H groups in total. The van der Waals surface area contributed by atoms with Crippen molar-refractivity contribution in [3.8, 4) is 5.82 Å². The van der Waals surface area contributed by atoms with E-state index in [0.717, 1.165) is 11.4 Å². The predicted molar refractivity (Wildman–Crippen MR) is 51.8 cm³/mol. The first-order chi connectivity index (χ1) is 6.79. The van der Waals surface area contributed by atoms with Crippen molar-refractivity contribution >= 4 is 0 Å². The van der Waals surface area contributed by atoms with Gasteiger partial charge in [-0.05, 0) is 13.0 Å². The Bertz CT molecular complexity index is 434. The van der Waals surface area contributed by atoms with E-state index in [1.165, 1.54) is 0 Å². The minimum atomic E-state index is 0.390. The van der Waals surface area contributed by atoms with Gasteiger partial charge in [0, 0.05) is 18.9 Å². The number of nitrogens with zero attached hydrogens (tertiary/aromatic N) is 4. The van der Waals surface area contributed by atoms with Crippen LogP contribution in [-0.2, 0) is 6.54 Å². The van der Waals surface area contributed by atoms with E-state index in [9.17, 15) is 0 Å². The van der Waals surface area contributed by atoms with Crippen LogP contribution in [0.4, 0.5) is 0 Å². The summed E-state index contributed by atoms with van der Waals surface area (Å²) in [4.78, 5) is 8.33. The average Bonchev–Trinajstić information content (AvgIpc) is 2.65. The standard InChI is InChI=1S/C9H11N5/c1-7-2-3-14(13-7)9-6-11-5-8(4-10)12-9/h2-3,5-6H,4,10H2,1H3. The number of rotatable bonds is 2. The highest BCUT2D eigenvalue weighted by Crippen LogP contribution is 2.03. The Morgan fingerprint density at radius 2 is 2.29 bits per heavy atom. The second-order valence-electron chi connectivity index (χ2n) is 2.97. The Morgan fingerprint density at radius 3 is 2.93 bits per heavy atom. The zero-order valence-corrected chi connectivity index (χ0v) is 7.88. The SMILES string of the molecule is Cc1ccn(-c2cncc(CN)n2)n1. The van der Waals surface area contributed by atoms with Crippen molar-refractivity contribution in [3.63, 3.8) is 0 Å². The summed E-state index contributed by atoms with van der Waals surface area (Å²) in [5.41, 5.74) is 7.18. The first kappa shape index (κ1) is 8.83. The molecule has 0 aliphatic heterocycles. The smallest absolute Gasteiger partial charge is 0.172 e. The van der Waals surface area contributed by atoms with Gasteiger partial charge in [-0.15, -0.1) is 0 Å². The Kier molecular flexibility index (Phi) is 2.24. The fourth-order valence-corrected chi connectivity index (χ4v) is 1.15. The molecule has 0 saturated carbocycles. The van der Waals surface area contributed by atoms with Crippen LogP contribution in [-0.4, -0.2) is 19.7 Å². The Labute approximate surface area is 81.6 Å². The number of aryl methyl sites for hydroxylation is 1. The van der Waals surface area contributed by atoms with E-state index >= 15 is 0 Å². The molecule has 0 atom stereocenters. The number of hydrogen-bond donors (Lipinski definition) is 1.